The van der Waals surface area contributed by atoms with Crippen LogP contribution in [0.5, 0.6) is 17.2 Å². The van der Waals surface area contributed by atoms with Gasteiger partial charge in [-0.3, -0.25) is 4.79 Å². The molecule has 7 heteroatoms. The fourth-order valence-electron chi connectivity index (χ4n) is 3.84. The molecule has 2 aromatic carbocycles. The van der Waals surface area contributed by atoms with Crippen LogP contribution >= 0.6 is 11.3 Å². The quantitative estimate of drug-likeness (QED) is 0.428. The predicted octanol–water partition coefficient (Wildman–Crippen LogP) is 5.41. The summed E-state index contributed by atoms with van der Waals surface area (Å²) in [5.41, 5.74) is 2.76. The molecule has 0 fully saturated rings. The van der Waals surface area contributed by atoms with Gasteiger partial charge in [0.2, 0.25) is 0 Å². The first-order valence-corrected chi connectivity index (χ1v) is 11.6. The standard InChI is InChI=1S/C25H28N2O4S/c1-5-22-25(28)27(13-6-14-30-20-10-8-19(29-4)9-11-20)21-15-18(7-12-23(21)31-22)24-16(2)32-17(3)26-24/h7-12,15,22H,5-6,13-14H2,1-4H3. The highest BCUT2D eigenvalue weighted by Gasteiger charge is 2.33. The maximum Gasteiger partial charge on any atom is 0.268 e. The van der Waals surface area contributed by atoms with Crippen LogP contribution in [0, 0.1) is 13.8 Å². The van der Waals surface area contributed by atoms with Crippen LogP contribution in [-0.2, 0) is 4.79 Å². The molecular formula is C25H28N2O4S. The van der Waals surface area contributed by atoms with Gasteiger partial charge in [0, 0.05) is 17.0 Å². The van der Waals surface area contributed by atoms with Crippen LogP contribution in [0.15, 0.2) is 42.5 Å². The summed E-state index contributed by atoms with van der Waals surface area (Å²) in [6, 6.07) is 13.5. The number of fused-ring (bicyclic) bond motifs is 1. The van der Waals surface area contributed by atoms with Gasteiger partial charge in [0.15, 0.2) is 6.10 Å². The van der Waals surface area contributed by atoms with Gasteiger partial charge in [-0.25, -0.2) is 4.98 Å². The van der Waals surface area contributed by atoms with Gasteiger partial charge in [-0.1, -0.05) is 6.92 Å². The van der Waals surface area contributed by atoms with E-state index >= 15 is 0 Å². The minimum Gasteiger partial charge on any atom is -0.497 e. The number of nitrogens with zero attached hydrogens (tertiary/aromatic N) is 2. The number of rotatable bonds is 8. The van der Waals surface area contributed by atoms with Crippen molar-refractivity contribution in [1.82, 2.24) is 4.98 Å². The van der Waals surface area contributed by atoms with E-state index in [2.05, 4.69) is 11.9 Å². The number of anilines is 1. The van der Waals surface area contributed by atoms with Crippen LogP contribution in [0.1, 0.15) is 29.7 Å². The van der Waals surface area contributed by atoms with Crippen molar-refractivity contribution in [3.63, 3.8) is 0 Å². The van der Waals surface area contributed by atoms with E-state index in [1.165, 1.54) is 0 Å². The van der Waals surface area contributed by atoms with Gasteiger partial charge in [-0.2, -0.15) is 0 Å². The molecule has 1 aromatic heterocycles. The molecule has 2 heterocycles. The molecule has 3 aromatic rings. The third-order valence-electron chi connectivity index (χ3n) is 5.46. The Bertz CT molecular complexity index is 1090. The second kappa shape index (κ2) is 9.61. The summed E-state index contributed by atoms with van der Waals surface area (Å²) in [7, 11) is 1.64. The Labute approximate surface area is 192 Å². The summed E-state index contributed by atoms with van der Waals surface area (Å²) in [6.45, 7) is 7.11. The van der Waals surface area contributed by atoms with Gasteiger partial charge >= 0.3 is 0 Å². The Morgan fingerprint density at radius 2 is 1.88 bits per heavy atom. The van der Waals surface area contributed by atoms with Gasteiger partial charge in [-0.15, -0.1) is 11.3 Å². The lowest BCUT2D eigenvalue weighted by molar-refractivity contribution is -0.126. The maximum atomic E-state index is 13.1. The molecule has 1 unspecified atom stereocenters. The number of carbonyl (C=O) groups is 1. The number of methoxy groups -OCH3 is 1. The lowest BCUT2D eigenvalue weighted by Crippen LogP contribution is -2.46. The van der Waals surface area contributed by atoms with Crippen molar-refractivity contribution >= 4 is 22.9 Å². The summed E-state index contributed by atoms with van der Waals surface area (Å²) in [4.78, 5) is 20.8. The zero-order valence-corrected chi connectivity index (χ0v) is 19.7. The normalized spacial score (nSPS) is 15.3. The average molecular weight is 453 g/mol. The fourth-order valence-corrected chi connectivity index (χ4v) is 4.68. The van der Waals surface area contributed by atoms with Crippen LogP contribution in [0.2, 0.25) is 0 Å². The smallest absolute Gasteiger partial charge is 0.268 e. The zero-order chi connectivity index (χ0) is 22.7. The third-order valence-corrected chi connectivity index (χ3v) is 6.35. The molecule has 168 valence electrons. The van der Waals surface area contributed by atoms with Crippen molar-refractivity contribution in [2.75, 3.05) is 25.2 Å². The number of carbonyl (C=O) groups excluding carboxylic acids is 1. The molecule has 0 saturated carbocycles. The van der Waals surface area contributed by atoms with Gasteiger partial charge in [-0.05, 0) is 69.2 Å². The average Bonchev–Trinajstić information content (AvgIpc) is 3.15. The Kier molecular flexibility index (Phi) is 6.65. The number of hydrogen-bond donors (Lipinski definition) is 0. The van der Waals surface area contributed by atoms with Crippen LogP contribution in [0.3, 0.4) is 0 Å². The topological polar surface area (TPSA) is 60.9 Å². The Balaban J connectivity index is 1.50. The van der Waals surface area contributed by atoms with Crippen LogP contribution < -0.4 is 19.1 Å². The van der Waals surface area contributed by atoms with Crippen molar-refractivity contribution in [3.8, 4) is 28.5 Å². The summed E-state index contributed by atoms with van der Waals surface area (Å²) in [6.07, 6.45) is 0.870. The summed E-state index contributed by atoms with van der Waals surface area (Å²) >= 11 is 1.68. The number of amides is 1. The largest absolute Gasteiger partial charge is 0.497 e. The van der Waals surface area contributed by atoms with Crippen molar-refractivity contribution < 1.29 is 19.0 Å². The lowest BCUT2D eigenvalue weighted by Gasteiger charge is -2.34. The van der Waals surface area contributed by atoms with Crippen molar-refractivity contribution in [2.45, 2.75) is 39.7 Å². The molecule has 6 nitrogen and oxygen atoms in total. The number of aryl methyl sites for hydroxylation is 2. The molecule has 1 atom stereocenters. The molecule has 0 saturated heterocycles. The van der Waals surface area contributed by atoms with Gasteiger partial charge in [0.05, 0.1) is 30.1 Å². The molecule has 0 radical (unpaired) electrons. The zero-order valence-electron chi connectivity index (χ0n) is 18.9. The highest BCUT2D eigenvalue weighted by molar-refractivity contribution is 7.11. The first-order valence-electron chi connectivity index (χ1n) is 10.8. The number of benzene rings is 2. The second-order valence-electron chi connectivity index (χ2n) is 7.70. The van der Waals surface area contributed by atoms with Gasteiger partial charge < -0.3 is 19.1 Å². The third kappa shape index (κ3) is 4.58. The SMILES string of the molecule is CCC1Oc2ccc(-c3nc(C)sc3C)cc2N(CCCOc2ccc(OC)cc2)C1=O. The van der Waals surface area contributed by atoms with E-state index in [0.717, 1.165) is 44.1 Å². The van der Waals surface area contributed by atoms with Crippen molar-refractivity contribution in [3.05, 3.63) is 52.3 Å². The van der Waals surface area contributed by atoms with Crippen LogP contribution in [-0.4, -0.2) is 37.3 Å². The van der Waals surface area contributed by atoms with E-state index in [4.69, 9.17) is 14.2 Å². The molecule has 1 aliphatic heterocycles. The highest BCUT2D eigenvalue weighted by atomic mass is 32.1. The van der Waals surface area contributed by atoms with E-state index < -0.39 is 6.10 Å². The summed E-state index contributed by atoms with van der Waals surface area (Å²) < 4.78 is 17.0. The van der Waals surface area contributed by atoms with Crippen LogP contribution in [0.25, 0.3) is 11.3 Å². The summed E-state index contributed by atoms with van der Waals surface area (Å²) in [5, 5.41) is 1.03. The predicted molar refractivity (Wildman–Crippen MR) is 127 cm³/mol. The lowest BCUT2D eigenvalue weighted by atomic mass is 10.1. The minimum atomic E-state index is -0.459. The van der Waals surface area contributed by atoms with Gasteiger partial charge in [0.25, 0.3) is 5.91 Å². The molecule has 1 aliphatic rings. The number of thiazole rings is 1. The van der Waals surface area contributed by atoms with E-state index in [1.807, 2.05) is 61.2 Å². The van der Waals surface area contributed by atoms with Gasteiger partial charge in [0.1, 0.15) is 17.2 Å². The molecule has 0 N–H and O–H groups in total. The summed E-state index contributed by atoms with van der Waals surface area (Å²) in [5.74, 6) is 2.30. The maximum absolute atomic E-state index is 13.1. The molecule has 0 spiro atoms. The Hall–Kier alpha value is -3.06. The van der Waals surface area contributed by atoms with E-state index in [9.17, 15) is 4.79 Å². The Morgan fingerprint density at radius 1 is 1.12 bits per heavy atom. The van der Waals surface area contributed by atoms with Crippen molar-refractivity contribution in [1.29, 1.82) is 0 Å². The molecular weight excluding hydrogens is 424 g/mol. The van der Waals surface area contributed by atoms with Crippen LogP contribution in [0.4, 0.5) is 5.69 Å². The number of hydrogen-bond acceptors (Lipinski definition) is 6. The fraction of sp³-hybridized carbons (Fsp3) is 0.360. The van der Waals surface area contributed by atoms with E-state index in [-0.39, 0.29) is 5.91 Å². The van der Waals surface area contributed by atoms with Crippen molar-refractivity contribution in [2.24, 2.45) is 0 Å². The minimum absolute atomic E-state index is 0.00669. The monoisotopic (exact) mass is 452 g/mol. The van der Waals surface area contributed by atoms with E-state index in [1.54, 1.807) is 18.4 Å². The first kappa shape index (κ1) is 22.1. The molecule has 4 rings (SSSR count). The highest BCUT2D eigenvalue weighted by Crippen LogP contribution is 2.39. The second-order valence-corrected chi connectivity index (χ2v) is 9.11. The molecule has 0 bridgehead atoms. The van der Waals surface area contributed by atoms with E-state index in [0.29, 0.717) is 26.0 Å². The molecule has 32 heavy (non-hydrogen) atoms. The molecule has 1 amide bonds. The number of ether oxygens (including phenoxy) is 3. The molecule has 0 aliphatic carbocycles. The Morgan fingerprint density at radius 3 is 2.53 bits per heavy atom. The number of aromatic nitrogens is 1. The first-order chi connectivity index (χ1) is 15.5.